The first kappa shape index (κ1) is 57.2. The van der Waals surface area contributed by atoms with Crippen molar-refractivity contribution in [1.29, 1.82) is 5.26 Å². The second-order valence-corrected chi connectivity index (χ2v) is 19.6. The highest BCUT2D eigenvalue weighted by atomic mass is 35.5. The number of hydrogen-bond acceptors (Lipinski definition) is 14. The van der Waals surface area contributed by atoms with E-state index in [1.54, 1.807) is 31.3 Å². The van der Waals surface area contributed by atoms with Crippen molar-refractivity contribution in [2.24, 2.45) is 0 Å². The van der Waals surface area contributed by atoms with Crippen LogP contribution in [0.3, 0.4) is 0 Å². The number of fused-ring (bicyclic) bond motifs is 3. The van der Waals surface area contributed by atoms with Crippen LogP contribution in [0.1, 0.15) is 65.3 Å². The Balaban J connectivity index is 0.000000267. The zero-order valence-electron chi connectivity index (χ0n) is 43.8. The number of carbonyl (C=O) groups excluding carboxylic acids is 5. The SMILES string of the molecule is C=C(COc1ccc(Cl)cc1NC)C(=O)N1CCN(c2nc(OCC3CCCN3C)nc3c2CCN(c2cccc4cccc(Cl)c24)C3)CC1.CC#N.CNC(=O)C(CCC=O)N1Cc2c(ccc(CNC=O)c2F)C1=O. The van der Waals surface area contributed by atoms with Crippen molar-refractivity contribution in [3.05, 3.63) is 123 Å². The van der Waals surface area contributed by atoms with Crippen LogP contribution >= 0.6 is 23.2 Å². The summed E-state index contributed by atoms with van der Waals surface area (Å²) >= 11 is 12.9. The molecule has 9 rings (SSSR count). The topological polar surface area (TPSA) is 206 Å². The molecule has 21 heteroatoms. The number of nitriles is 1. The van der Waals surface area contributed by atoms with E-state index in [9.17, 15) is 28.4 Å². The average Bonchev–Trinajstić information content (AvgIpc) is 4.04. The maximum absolute atomic E-state index is 14.6. The normalized spacial score (nSPS) is 16.1. The van der Waals surface area contributed by atoms with Crippen LogP contribution in [0.5, 0.6) is 11.8 Å². The lowest BCUT2D eigenvalue weighted by molar-refractivity contribution is -0.128. The van der Waals surface area contributed by atoms with E-state index in [0.717, 1.165) is 70.2 Å². The van der Waals surface area contributed by atoms with E-state index in [-0.39, 0.29) is 55.1 Å². The third-order valence-electron chi connectivity index (χ3n) is 14.1. The van der Waals surface area contributed by atoms with Gasteiger partial charge in [-0.15, -0.1) is 0 Å². The van der Waals surface area contributed by atoms with Crippen LogP contribution in [-0.2, 0) is 45.2 Å². The lowest BCUT2D eigenvalue weighted by atomic mass is 10.0. The molecule has 4 aliphatic rings. The number of amides is 4. The molecule has 406 valence electrons. The summed E-state index contributed by atoms with van der Waals surface area (Å²) in [5, 5.41) is 18.7. The number of aldehydes is 1. The minimum absolute atomic E-state index is 0.0147. The number of nitrogens with one attached hydrogen (secondary N) is 3. The number of anilines is 3. The van der Waals surface area contributed by atoms with E-state index >= 15 is 0 Å². The lowest BCUT2D eigenvalue weighted by Gasteiger charge is -2.38. The second-order valence-electron chi connectivity index (χ2n) is 18.8. The first-order chi connectivity index (χ1) is 37.2. The predicted molar refractivity (Wildman–Crippen MR) is 295 cm³/mol. The molecule has 0 aliphatic carbocycles. The van der Waals surface area contributed by atoms with Gasteiger partial charge in [-0.25, -0.2) is 4.39 Å². The summed E-state index contributed by atoms with van der Waals surface area (Å²) < 4.78 is 26.8. The van der Waals surface area contributed by atoms with E-state index in [0.29, 0.717) is 80.4 Å². The fourth-order valence-corrected chi connectivity index (χ4v) is 10.4. The molecule has 1 aromatic heterocycles. The van der Waals surface area contributed by atoms with Crippen LogP contribution in [0.2, 0.25) is 10.0 Å². The molecular weight excluding hydrogens is 1030 g/mol. The number of ether oxygens (including phenoxy) is 2. The third-order valence-corrected chi connectivity index (χ3v) is 14.6. The zero-order chi connectivity index (χ0) is 55.2. The van der Waals surface area contributed by atoms with E-state index < -0.39 is 23.7 Å². The molecule has 77 heavy (non-hydrogen) atoms. The zero-order valence-corrected chi connectivity index (χ0v) is 45.3. The summed E-state index contributed by atoms with van der Waals surface area (Å²) in [6.07, 6.45) is 4.48. The van der Waals surface area contributed by atoms with Gasteiger partial charge in [-0.3, -0.25) is 19.2 Å². The molecule has 2 unspecified atom stereocenters. The van der Waals surface area contributed by atoms with Crippen LogP contribution in [0.4, 0.5) is 21.6 Å². The van der Waals surface area contributed by atoms with Crippen LogP contribution in [0.25, 0.3) is 10.8 Å². The fourth-order valence-electron chi connectivity index (χ4n) is 10.00. The monoisotopic (exact) mass is 1090 g/mol. The quantitative estimate of drug-likeness (QED) is 0.0600. The highest BCUT2D eigenvalue weighted by Crippen LogP contribution is 2.38. The highest BCUT2D eigenvalue weighted by molar-refractivity contribution is 6.36. The first-order valence-corrected chi connectivity index (χ1v) is 26.2. The van der Waals surface area contributed by atoms with Gasteiger partial charge in [0.15, 0.2) is 0 Å². The Kier molecular flexibility index (Phi) is 20.0. The smallest absolute Gasteiger partial charge is 0.318 e. The molecule has 0 bridgehead atoms. The van der Waals surface area contributed by atoms with Gasteiger partial charge in [0.2, 0.25) is 12.3 Å². The Morgan fingerprint density at radius 1 is 0.961 bits per heavy atom. The predicted octanol–water partition coefficient (Wildman–Crippen LogP) is 6.95. The van der Waals surface area contributed by atoms with Gasteiger partial charge >= 0.3 is 6.01 Å². The van der Waals surface area contributed by atoms with Crippen molar-refractivity contribution in [3.8, 4) is 17.8 Å². The molecule has 5 heterocycles. The Bertz CT molecular complexity index is 3020. The van der Waals surface area contributed by atoms with Gasteiger partial charge in [-0.2, -0.15) is 15.2 Å². The van der Waals surface area contributed by atoms with Crippen molar-refractivity contribution >= 4 is 81.6 Å². The largest absolute Gasteiger partial charge is 0.487 e. The van der Waals surface area contributed by atoms with E-state index in [1.165, 1.54) is 37.4 Å². The van der Waals surface area contributed by atoms with Gasteiger partial charge in [0.1, 0.15) is 42.9 Å². The van der Waals surface area contributed by atoms with Crippen LogP contribution in [0.15, 0.2) is 78.9 Å². The number of rotatable bonds is 18. The number of piperazine rings is 1. The molecule has 2 saturated heterocycles. The maximum atomic E-state index is 14.6. The summed E-state index contributed by atoms with van der Waals surface area (Å²) in [5.41, 5.74) is 5.01. The molecule has 4 aliphatic heterocycles. The molecule has 0 saturated carbocycles. The minimum Gasteiger partial charge on any atom is -0.487 e. The van der Waals surface area contributed by atoms with Gasteiger partial charge < -0.3 is 54.7 Å². The minimum atomic E-state index is -0.837. The van der Waals surface area contributed by atoms with Crippen molar-refractivity contribution in [2.45, 2.75) is 70.7 Å². The van der Waals surface area contributed by atoms with Crippen molar-refractivity contribution in [2.75, 3.05) is 88.7 Å². The number of likely N-dealkylation sites (tertiary alicyclic amines) is 1. The Labute approximate surface area is 458 Å². The molecule has 0 radical (unpaired) electrons. The van der Waals surface area contributed by atoms with Crippen molar-refractivity contribution < 1.29 is 37.8 Å². The number of carbonyl (C=O) groups is 5. The Morgan fingerprint density at radius 3 is 2.40 bits per heavy atom. The van der Waals surface area contributed by atoms with Gasteiger partial charge in [0.05, 0.1) is 35.6 Å². The highest BCUT2D eigenvalue weighted by Gasteiger charge is 2.38. The van der Waals surface area contributed by atoms with E-state index in [4.69, 9.17) is 47.9 Å². The number of benzene rings is 4. The first-order valence-electron chi connectivity index (χ1n) is 25.5. The third kappa shape index (κ3) is 13.5. The fraction of sp³-hybridized carbons (Fsp3) is 0.393. The maximum Gasteiger partial charge on any atom is 0.318 e. The second kappa shape index (κ2) is 27.0. The van der Waals surface area contributed by atoms with E-state index in [1.807, 2.05) is 17.0 Å². The number of aromatic nitrogens is 2. The summed E-state index contributed by atoms with van der Waals surface area (Å²) in [7, 11) is 5.38. The van der Waals surface area contributed by atoms with Gasteiger partial charge in [-0.1, -0.05) is 60.1 Å². The molecule has 18 nitrogen and oxygen atoms in total. The Morgan fingerprint density at radius 2 is 1.71 bits per heavy atom. The van der Waals surface area contributed by atoms with Crippen molar-refractivity contribution in [3.63, 3.8) is 0 Å². The van der Waals surface area contributed by atoms with Crippen LogP contribution in [0, 0.1) is 17.1 Å². The van der Waals surface area contributed by atoms with Crippen LogP contribution < -0.4 is 35.2 Å². The molecule has 3 N–H and O–H groups in total. The molecule has 4 aromatic carbocycles. The Hall–Kier alpha value is -7.53. The van der Waals surface area contributed by atoms with Gasteiger partial charge in [0, 0.05) is 117 Å². The summed E-state index contributed by atoms with van der Waals surface area (Å²) in [6.45, 7) is 11.0. The van der Waals surface area contributed by atoms with E-state index in [2.05, 4.69) is 68.5 Å². The summed E-state index contributed by atoms with van der Waals surface area (Å²) in [4.78, 5) is 79.0. The summed E-state index contributed by atoms with van der Waals surface area (Å²) in [5.74, 6) is -0.00683. The molecule has 0 spiro atoms. The molecule has 5 aromatic rings. The van der Waals surface area contributed by atoms with Crippen molar-refractivity contribution in [1.82, 2.24) is 35.3 Å². The summed E-state index contributed by atoms with van der Waals surface area (Å²) in [6, 6.07) is 22.3. The molecule has 2 fully saturated rings. The number of nitrogens with zero attached hydrogens (tertiary/aromatic N) is 8. The van der Waals surface area contributed by atoms with Crippen LogP contribution in [-0.4, -0.2) is 141 Å². The molecule has 2 atom stereocenters. The number of hydrogen-bond donors (Lipinski definition) is 3. The number of likely N-dealkylation sites (N-methyl/N-ethyl adjacent to an activating group) is 2. The molecular formula is C56H64Cl2FN11O7. The van der Waals surface area contributed by atoms with Gasteiger partial charge in [-0.05, 0) is 81.1 Å². The molecule has 4 amide bonds. The number of halogens is 3. The standard InChI is InChI=1S/C38H43Cl2N7O3.C16H18FN3O4.C2H3N/c1-25(23-49-34-13-12-27(39)21-31(34)41-2)37(48)46-19-17-45(18-20-46)36-29-14-16-47(33-11-5-8-26-7-4-10-30(40)35(26)33)22-32(29)42-38(43-36)50-24-28-9-6-15-44(28)3;1-18-15(23)13(3-2-6-21)20-8-12-11(16(20)24)5-4-10(14(12)17)7-19-9-22;1-2-3/h4-5,7-8,10-13,21,28,41H,1,6,9,14-20,22-24H2,2-3H3;4-6,9,13H,2-3,7-8H2,1H3,(H,18,23)(H,19,22);1H3. The average molecular weight is 1090 g/mol. The lowest BCUT2D eigenvalue weighted by Crippen LogP contribution is -2.50. The van der Waals surface area contributed by atoms with Gasteiger partial charge in [0.25, 0.3) is 11.8 Å².